The van der Waals surface area contributed by atoms with Gasteiger partial charge in [0, 0.05) is 24.8 Å². The fraction of sp³-hybridized carbons (Fsp3) is 0.600. The predicted molar refractivity (Wildman–Crippen MR) is 84.7 cm³/mol. The lowest BCUT2D eigenvalue weighted by atomic mass is 10.1. The van der Waals surface area contributed by atoms with Crippen LogP contribution in [0.2, 0.25) is 0 Å². The number of hydrogen-bond acceptors (Lipinski definition) is 3. The molecule has 1 aromatic carbocycles. The summed E-state index contributed by atoms with van der Waals surface area (Å²) in [6.45, 7) is 8.34. The van der Waals surface area contributed by atoms with E-state index in [2.05, 4.69) is 49.9 Å². The summed E-state index contributed by atoms with van der Waals surface area (Å²) >= 11 is 2.00. The van der Waals surface area contributed by atoms with Gasteiger partial charge in [0.25, 0.3) is 0 Å². The lowest BCUT2D eigenvalue weighted by Crippen LogP contribution is -2.41. The van der Waals surface area contributed by atoms with Gasteiger partial charge in [0.05, 0.1) is 0 Å². The molecule has 0 aliphatic carbocycles. The molecule has 0 radical (unpaired) electrons. The Hall–Kier alpha value is -0.670. The predicted octanol–water partition coefficient (Wildman–Crippen LogP) is 3.29. The quantitative estimate of drug-likeness (QED) is 0.732. The third kappa shape index (κ3) is 4.21. The largest absolute Gasteiger partial charge is 0.367 e. The number of para-hydroxylation sites is 1. The topological polar surface area (TPSA) is 29.3 Å². The summed E-state index contributed by atoms with van der Waals surface area (Å²) in [5, 5.41) is 0. The first kappa shape index (κ1) is 15.4. The zero-order valence-corrected chi connectivity index (χ0v) is 12.7. The zero-order chi connectivity index (χ0) is 13.4. The van der Waals surface area contributed by atoms with Gasteiger partial charge in [-0.3, -0.25) is 0 Å². The molecular formula is C15H26N2S. The van der Waals surface area contributed by atoms with E-state index in [1.54, 1.807) is 0 Å². The van der Waals surface area contributed by atoms with Crippen molar-refractivity contribution in [3.8, 4) is 0 Å². The minimum absolute atomic E-state index is 0.454. The maximum atomic E-state index is 5.97. The van der Waals surface area contributed by atoms with Crippen molar-refractivity contribution in [1.82, 2.24) is 0 Å². The number of rotatable bonds is 8. The number of benzene rings is 1. The molecule has 1 atom stereocenters. The first-order valence-electron chi connectivity index (χ1n) is 6.84. The highest BCUT2D eigenvalue weighted by atomic mass is 32.2. The fourth-order valence-corrected chi connectivity index (χ4v) is 3.00. The minimum Gasteiger partial charge on any atom is -0.367 e. The van der Waals surface area contributed by atoms with Crippen LogP contribution in [0.1, 0.15) is 25.8 Å². The van der Waals surface area contributed by atoms with Gasteiger partial charge in [-0.05, 0) is 43.4 Å². The van der Waals surface area contributed by atoms with Crippen molar-refractivity contribution >= 4 is 17.4 Å². The Morgan fingerprint density at radius 1 is 1.28 bits per heavy atom. The summed E-state index contributed by atoms with van der Waals surface area (Å²) in [5.41, 5.74) is 8.63. The molecule has 1 rings (SSSR count). The lowest BCUT2D eigenvalue weighted by molar-refractivity contribution is 0.594. The van der Waals surface area contributed by atoms with Crippen molar-refractivity contribution in [2.24, 2.45) is 5.73 Å². The van der Waals surface area contributed by atoms with Crippen molar-refractivity contribution < 1.29 is 0 Å². The molecule has 3 heteroatoms. The zero-order valence-electron chi connectivity index (χ0n) is 11.9. The van der Waals surface area contributed by atoms with E-state index in [9.17, 15) is 0 Å². The highest BCUT2D eigenvalue weighted by molar-refractivity contribution is 7.99. The van der Waals surface area contributed by atoms with E-state index in [0.717, 1.165) is 19.5 Å². The number of nitrogens with zero attached hydrogens (tertiary/aromatic N) is 1. The van der Waals surface area contributed by atoms with Crippen molar-refractivity contribution in [2.75, 3.05) is 29.5 Å². The van der Waals surface area contributed by atoms with Crippen LogP contribution in [0.5, 0.6) is 0 Å². The molecule has 1 unspecified atom stereocenters. The van der Waals surface area contributed by atoms with Crippen molar-refractivity contribution in [1.29, 1.82) is 0 Å². The Labute approximate surface area is 116 Å². The number of anilines is 1. The molecule has 0 aliphatic heterocycles. The molecule has 18 heavy (non-hydrogen) atoms. The van der Waals surface area contributed by atoms with E-state index in [4.69, 9.17) is 5.73 Å². The molecule has 0 bridgehead atoms. The third-order valence-electron chi connectivity index (χ3n) is 3.28. The summed E-state index contributed by atoms with van der Waals surface area (Å²) in [4.78, 5) is 2.45. The van der Waals surface area contributed by atoms with Gasteiger partial charge in [0.1, 0.15) is 0 Å². The van der Waals surface area contributed by atoms with Gasteiger partial charge >= 0.3 is 0 Å². The van der Waals surface area contributed by atoms with Crippen LogP contribution < -0.4 is 10.6 Å². The minimum atomic E-state index is 0.454. The average Bonchev–Trinajstić information content (AvgIpc) is 2.39. The maximum absolute atomic E-state index is 5.97. The van der Waals surface area contributed by atoms with Gasteiger partial charge in [-0.25, -0.2) is 0 Å². The molecule has 0 spiro atoms. The second-order valence-corrected chi connectivity index (χ2v) is 5.84. The second kappa shape index (κ2) is 8.44. The molecule has 0 fully saturated rings. The Bertz CT molecular complexity index is 341. The molecule has 1 aromatic rings. The van der Waals surface area contributed by atoms with Gasteiger partial charge in [-0.15, -0.1) is 0 Å². The first-order chi connectivity index (χ1) is 8.74. The fourth-order valence-electron chi connectivity index (χ4n) is 2.28. The molecule has 2 N–H and O–H groups in total. The molecule has 0 heterocycles. The third-order valence-corrected chi connectivity index (χ3v) is 4.21. The number of hydrogen-bond donors (Lipinski definition) is 1. The lowest BCUT2D eigenvalue weighted by Gasteiger charge is -2.33. The van der Waals surface area contributed by atoms with Crippen LogP contribution in [0.25, 0.3) is 0 Å². The number of aryl methyl sites for hydroxylation is 1. The highest BCUT2D eigenvalue weighted by Crippen LogP contribution is 2.23. The standard InChI is InChI=1S/C15H26N2S/c1-4-17(14(12-16)10-11-18-5-2)15-9-7-6-8-13(15)3/h6-9,14H,4-5,10-12,16H2,1-3H3. The normalized spacial score (nSPS) is 12.4. The van der Waals surface area contributed by atoms with E-state index >= 15 is 0 Å². The second-order valence-electron chi connectivity index (χ2n) is 4.45. The van der Waals surface area contributed by atoms with Crippen LogP contribution in [0.3, 0.4) is 0 Å². The molecule has 0 saturated heterocycles. The molecule has 0 amide bonds. The van der Waals surface area contributed by atoms with Gasteiger partial charge in [0.2, 0.25) is 0 Å². The summed E-state index contributed by atoms with van der Waals surface area (Å²) in [6.07, 6.45) is 1.16. The summed E-state index contributed by atoms with van der Waals surface area (Å²) in [6, 6.07) is 9.03. The van der Waals surface area contributed by atoms with E-state index in [1.165, 1.54) is 22.8 Å². The summed E-state index contributed by atoms with van der Waals surface area (Å²) in [5.74, 6) is 2.38. The summed E-state index contributed by atoms with van der Waals surface area (Å²) < 4.78 is 0. The van der Waals surface area contributed by atoms with Crippen molar-refractivity contribution in [2.45, 2.75) is 33.2 Å². The number of thioether (sulfide) groups is 1. The van der Waals surface area contributed by atoms with Crippen LogP contribution in [-0.2, 0) is 0 Å². The van der Waals surface area contributed by atoms with Crippen LogP contribution >= 0.6 is 11.8 Å². The Kier molecular flexibility index (Phi) is 7.21. The van der Waals surface area contributed by atoms with Crippen molar-refractivity contribution in [3.63, 3.8) is 0 Å². The first-order valence-corrected chi connectivity index (χ1v) is 8.00. The molecule has 102 valence electrons. The smallest absolute Gasteiger partial charge is 0.0420 e. The van der Waals surface area contributed by atoms with Gasteiger partial charge < -0.3 is 10.6 Å². The number of nitrogens with two attached hydrogens (primary N) is 1. The Morgan fingerprint density at radius 3 is 2.56 bits per heavy atom. The highest BCUT2D eigenvalue weighted by Gasteiger charge is 2.16. The van der Waals surface area contributed by atoms with Crippen LogP contribution in [-0.4, -0.2) is 30.6 Å². The molecule has 0 aliphatic rings. The van der Waals surface area contributed by atoms with E-state index in [0.29, 0.717) is 6.04 Å². The van der Waals surface area contributed by atoms with Gasteiger partial charge in [0.15, 0.2) is 0 Å². The van der Waals surface area contributed by atoms with E-state index in [-0.39, 0.29) is 0 Å². The Balaban J connectivity index is 2.76. The van der Waals surface area contributed by atoms with E-state index in [1.807, 2.05) is 11.8 Å². The van der Waals surface area contributed by atoms with Crippen molar-refractivity contribution in [3.05, 3.63) is 29.8 Å². The molecule has 0 aromatic heterocycles. The van der Waals surface area contributed by atoms with E-state index < -0.39 is 0 Å². The van der Waals surface area contributed by atoms with Gasteiger partial charge in [-0.2, -0.15) is 11.8 Å². The van der Waals surface area contributed by atoms with Gasteiger partial charge in [-0.1, -0.05) is 25.1 Å². The molecule has 0 saturated carbocycles. The SMILES string of the molecule is CCSCCC(CN)N(CC)c1ccccc1C. The number of likely N-dealkylation sites (N-methyl/N-ethyl adjacent to an activating group) is 1. The van der Waals surface area contributed by atoms with Crippen LogP contribution in [0.4, 0.5) is 5.69 Å². The monoisotopic (exact) mass is 266 g/mol. The maximum Gasteiger partial charge on any atom is 0.0420 e. The molecule has 2 nitrogen and oxygen atoms in total. The van der Waals surface area contributed by atoms with Crippen LogP contribution in [0.15, 0.2) is 24.3 Å². The van der Waals surface area contributed by atoms with Crippen LogP contribution in [0, 0.1) is 6.92 Å². The average molecular weight is 266 g/mol. The molecular weight excluding hydrogens is 240 g/mol. The summed E-state index contributed by atoms with van der Waals surface area (Å²) in [7, 11) is 0. The Morgan fingerprint density at radius 2 is 2.00 bits per heavy atom.